The summed E-state index contributed by atoms with van der Waals surface area (Å²) >= 11 is 0. The molecule has 1 atom stereocenters. The van der Waals surface area contributed by atoms with Gasteiger partial charge < -0.3 is 21.9 Å². The number of nitrogens with two attached hydrogens (primary N) is 2. The quantitative estimate of drug-likeness (QED) is 0.395. The lowest BCUT2D eigenvalue weighted by Gasteiger charge is -2.12. The summed E-state index contributed by atoms with van der Waals surface area (Å²) in [7, 11) is 0. The molecule has 0 fully saturated rings. The molecule has 76 valence electrons. The zero-order valence-electron chi connectivity index (χ0n) is 7.32. The second-order valence-corrected chi connectivity index (χ2v) is 2.59. The molecule has 0 bridgehead atoms. The van der Waals surface area contributed by atoms with Crippen molar-refractivity contribution in [3.05, 3.63) is 0 Å². The van der Waals surface area contributed by atoms with Crippen LogP contribution in [0.1, 0.15) is 12.8 Å². The Morgan fingerprint density at radius 3 is 2.38 bits per heavy atom. The van der Waals surface area contributed by atoms with E-state index in [2.05, 4.69) is 5.32 Å². The Kier molecular flexibility index (Phi) is 5.82. The predicted octanol–water partition coefficient (Wildman–Crippen LogP) is -1.75. The number of carbonyl (C=O) groups excluding carboxylic acids is 1. The van der Waals surface area contributed by atoms with Crippen LogP contribution < -0.4 is 16.8 Å². The summed E-state index contributed by atoms with van der Waals surface area (Å²) in [5.41, 5.74) is 10.2. The van der Waals surface area contributed by atoms with Crippen LogP contribution in [0.4, 0.5) is 0 Å². The maximum Gasteiger partial charge on any atom is 0.326 e. The van der Waals surface area contributed by atoms with Crippen LogP contribution >= 0.6 is 0 Å². The Morgan fingerprint density at radius 2 is 2.00 bits per heavy atom. The predicted molar refractivity (Wildman–Crippen MR) is 46.9 cm³/mol. The van der Waals surface area contributed by atoms with Gasteiger partial charge in [-0.05, 0) is 19.4 Å². The largest absolute Gasteiger partial charge is 0.480 e. The number of carbonyl (C=O) groups is 2. The van der Waals surface area contributed by atoms with Gasteiger partial charge in [-0.3, -0.25) is 4.79 Å². The molecular formula is C7H15N3O3. The van der Waals surface area contributed by atoms with Crippen LogP contribution in [-0.2, 0) is 9.59 Å². The van der Waals surface area contributed by atoms with Crippen molar-refractivity contribution in [2.45, 2.75) is 18.9 Å². The van der Waals surface area contributed by atoms with Gasteiger partial charge in [0.2, 0.25) is 5.91 Å². The van der Waals surface area contributed by atoms with Gasteiger partial charge in [-0.1, -0.05) is 0 Å². The molecule has 0 saturated carbocycles. The van der Waals surface area contributed by atoms with Crippen LogP contribution in [0.3, 0.4) is 0 Å². The lowest BCUT2D eigenvalue weighted by molar-refractivity contribution is -0.141. The second kappa shape index (κ2) is 6.38. The summed E-state index contributed by atoms with van der Waals surface area (Å²) in [4.78, 5) is 21.3. The Bertz CT molecular complexity index is 184. The third-order valence-electron chi connectivity index (χ3n) is 1.52. The van der Waals surface area contributed by atoms with Gasteiger partial charge in [-0.25, -0.2) is 4.79 Å². The van der Waals surface area contributed by atoms with Gasteiger partial charge in [0.1, 0.15) is 6.04 Å². The number of nitrogens with one attached hydrogen (secondary N) is 1. The van der Waals surface area contributed by atoms with E-state index in [4.69, 9.17) is 16.6 Å². The minimum Gasteiger partial charge on any atom is -0.480 e. The Hall–Kier alpha value is -1.14. The van der Waals surface area contributed by atoms with Gasteiger partial charge in [0.15, 0.2) is 0 Å². The summed E-state index contributed by atoms with van der Waals surface area (Å²) < 4.78 is 0. The smallest absolute Gasteiger partial charge is 0.326 e. The van der Waals surface area contributed by atoms with E-state index in [0.717, 1.165) is 0 Å². The van der Waals surface area contributed by atoms with Crippen molar-refractivity contribution in [3.63, 3.8) is 0 Å². The fraction of sp³-hybridized carbons (Fsp3) is 0.714. The van der Waals surface area contributed by atoms with E-state index in [-0.39, 0.29) is 6.54 Å². The maximum absolute atomic E-state index is 10.8. The van der Waals surface area contributed by atoms with E-state index in [1.165, 1.54) is 0 Å². The Labute approximate surface area is 76.3 Å². The van der Waals surface area contributed by atoms with Crippen molar-refractivity contribution in [1.29, 1.82) is 0 Å². The van der Waals surface area contributed by atoms with Crippen molar-refractivity contribution in [2.24, 2.45) is 11.5 Å². The summed E-state index contributed by atoms with van der Waals surface area (Å²) in [5.74, 6) is -1.53. The molecule has 6 heteroatoms. The molecule has 0 aliphatic carbocycles. The molecule has 0 aromatic heterocycles. The van der Waals surface area contributed by atoms with Crippen LogP contribution in [0.25, 0.3) is 0 Å². The highest BCUT2D eigenvalue weighted by molar-refractivity contribution is 5.84. The summed E-state index contributed by atoms with van der Waals surface area (Å²) in [6.45, 7) is 0.203. The molecule has 0 spiro atoms. The fourth-order valence-electron chi connectivity index (χ4n) is 0.833. The van der Waals surface area contributed by atoms with E-state index in [0.29, 0.717) is 19.4 Å². The molecular weight excluding hydrogens is 174 g/mol. The molecule has 6 N–H and O–H groups in total. The van der Waals surface area contributed by atoms with Gasteiger partial charge in [0.25, 0.3) is 0 Å². The van der Waals surface area contributed by atoms with Crippen molar-refractivity contribution in [1.82, 2.24) is 5.32 Å². The minimum absolute atomic E-state index is 0.202. The van der Waals surface area contributed by atoms with E-state index in [1.54, 1.807) is 0 Å². The monoisotopic (exact) mass is 189 g/mol. The number of hydrogen-bond acceptors (Lipinski definition) is 4. The number of hydrogen-bond donors (Lipinski definition) is 4. The minimum atomic E-state index is -1.06. The maximum atomic E-state index is 10.8. The molecule has 13 heavy (non-hydrogen) atoms. The van der Waals surface area contributed by atoms with Gasteiger partial charge in [-0.2, -0.15) is 0 Å². The highest BCUT2D eigenvalue weighted by atomic mass is 16.4. The second-order valence-electron chi connectivity index (χ2n) is 2.59. The third-order valence-corrected chi connectivity index (χ3v) is 1.52. The van der Waals surface area contributed by atoms with Crippen LogP contribution in [0.5, 0.6) is 0 Å². The van der Waals surface area contributed by atoms with E-state index >= 15 is 0 Å². The van der Waals surface area contributed by atoms with Gasteiger partial charge in [0, 0.05) is 0 Å². The number of rotatable bonds is 6. The number of carboxylic acids is 1. The van der Waals surface area contributed by atoms with Gasteiger partial charge in [-0.15, -0.1) is 0 Å². The molecule has 0 aliphatic rings. The first-order chi connectivity index (χ1) is 6.11. The summed E-state index contributed by atoms with van der Waals surface area (Å²) in [6, 6.07) is -0.875. The third kappa shape index (κ3) is 5.15. The molecule has 0 heterocycles. The normalized spacial score (nSPS) is 12.2. The van der Waals surface area contributed by atoms with Crippen LogP contribution in [-0.4, -0.2) is 36.1 Å². The summed E-state index contributed by atoms with van der Waals surface area (Å²) in [6.07, 6.45) is 0.888. The first-order valence-electron chi connectivity index (χ1n) is 4.04. The lowest BCUT2D eigenvalue weighted by Crippen LogP contribution is -2.43. The SMILES string of the molecule is NCCC[C@@H](NC(=O)CN)C(=O)O. The van der Waals surface area contributed by atoms with E-state index < -0.39 is 17.9 Å². The molecule has 0 unspecified atom stereocenters. The van der Waals surface area contributed by atoms with Crippen LogP contribution in [0.15, 0.2) is 0 Å². The summed E-state index contributed by atoms with van der Waals surface area (Å²) in [5, 5.41) is 10.9. The zero-order chi connectivity index (χ0) is 10.3. The molecule has 0 aliphatic heterocycles. The Morgan fingerprint density at radius 1 is 1.38 bits per heavy atom. The van der Waals surface area contributed by atoms with Crippen LogP contribution in [0, 0.1) is 0 Å². The average Bonchev–Trinajstić information content (AvgIpc) is 2.11. The van der Waals surface area contributed by atoms with Crippen molar-refractivity contribution in [2.75, 3.05) is 13.1 Å². The average molecular weight is 189 g/mol. The molecule has 0 aromatic rings. The van der Waals surface area contributed by atoms with E-state index in [1.807, 2.05) is 0 Å². The van der Waals surface area contributed by atoms with Crippen molar-refractivity contribution in [3.8, 4) is 0 Å². The fourth-order valence-corrected chi connectivity index (χ4v) is 0.833. The molecule has 0 radical (unpaired) electrons. The number of amides is 1. The van der Waals surface area contributed by atoms with Crippen molar-refractivity contribution < 1.29 is 14.7 Å². The molecule has 6 nitrogen and oxygen atoms in total. The molecule has 0 aromatic carbocycles. The van der Waals surface area contributed by atoms with Gasteiger partial charge in [0.05, 0.1) is 6.54 Å². The molecule has 0 saturated heterocycles. The molecule has 1 amide bonds. The molecule has 0 rings (SSSR count). The Balaban J connectivity index is 3.94. The zero-order valence-corrected chi connectivity index (χ0v) is 7.32. The number of carboxylic acid groups (broad SMARTS) is 1. The van der Waals surface area contributed by atoms with Gasteiger partial charge >= 0.3 is 5.97 Å². The van der Waals surface area contributed by atoms with E-state index in [9.17, 15) is 9.59 Å². The highest BCUT2D eigenvalue weighted by Crippen LogP contribution is 1.95. The first-order valence-corrected chi connectivity index (χ1v) is 4.04. The topological polar surface area (TPSA) is 118 Å². The first kappa shape index (κ1) is 11.9. The van der Waals surface area contributed by atoms with Crippen molar-refractivity contribution >= 4 is 11.9 Å². The lowest BCUT2D eigenvalue weighted by atomic mass is 10.1. The van der Waals surface area contributed by atoms with Crippen LogP contribution in [0.2, 0.25) is 0 Å². The standard InChI is InChI=1S/C7H15N3O3/c8-3-1-2-5(7(12)13)10-6(11)4-9/h5H,1-4,8-9H2,(H,10,11)(H,12,13)/t5-/m1/s1. The highest BCUT2D eigenvalue weighted by Gasteiger charge is 2.17. The number of aliphatic carboxylic acids is 1.